The molecule has 0 aliphatic heterocycles. The number of nitrogens with zero attached hydrogens (tertiary/aromatic N) is 1. The first kappa shape index (κ1) is 12.5. The average Bonchev–Trinajstić information content (AvgIpc) is 2.89. The quantitative estimate of drug-likeness (QED) is 0.736. The molecule has 1 heterocycles. The summed E-state index contributed by atoms with van der Waals surface area (Å²) in [6.45, 7) is 2.12. The lowest BCUT2D eigenvalue weighted by molar-refractivity contribution is 0.417. The fraction of sp³-hybridized carbons (Fsp3) is 0.188. The number of hydrogen-bond acceptors (Lipinski definition) is 4. The number of rotatable bonds is 3. The first-order valence-electron chi connectivity index (χ1n) is 6.54. The number of aryl methyl sites for hydroxylation is 1. The van der Waals surface area contributed by atoms with Crippen LogP contribution in [0.15, 0.2) is 40.8 Å². The highest BCUT2D eigenvalue weighted by atomic mass is 16.5. The average molecular weight is 268 g/mol. The van der Waals surface area contributed by atoms with E-state index in [1.165, 1.54) is 5.56 Å². The van der Waals surface area contributed by atoms with Crippen molar-refractivity contribution in [3.05, 3.63) is 42.0 Å². The largest absolute Gasteiger partial charge is 0.495 e. The summed E-state index contributed by atoms with van der Waals surface area (Å²) in [4.78, 5) is 4.53. The van der Waals surface area contributed by atoms with Gasteiger partial charge >= 0.3 is 0 Å². The van der Waals surface area contributed by atoms with E-state index in [0.717, 1.165) is 23.1 Å². The fourth-order valence-electron chi connectivity index (χ4n) is 2.18. The minimum absolute atomic E-state index is 0.571. The molecule has 0 spiro atoms. The molecule has 3 rings (SSSR count). The first-order chi connectivity index (χ1) is 9.71. The molecule has 2 aromatic carbocycles. The van der Waals surface area contributed by atoms with Gasteiger partial charge in [-0.2, -0.15) is 0 Å². The van der Waals surface area contributed by atoms with Gasteiger partial charge in [-0.3, -0.25) is 0 Å². The number of benzene rings is 2. The number of fused-ring (bicyclic) bond motifs is 1. The summed E-state index contributed by atoms with van der Waals surface area (Å²) in [6, 6.07) is 11.6. The van der Waals surface area contributed by atoms with E-state index in [0.29, 0.717) is 17.3 Å². The van der Waals surface area contributed by atoms with Crippen LogP contribution >= 0.6 is 0 Å². The van der Waals surface area contributed by atoms with E-state index in [-0.39, 0.29) is 0 Å². The number of nitrogen functional groups attached to an aromatic ring is 1. The molecule has 0 unspecified atom stereocenters. The Bertz CT molecular complexity index is 762. The number of ether oxygens (including phenoxy) is 1. The topological polar surface area (TPSA) is 61.3 Å². The van der Waals surface area contributed by atoms with E-state index >= 15 is 0 Å². The zero-order valence-corrected chi connectivity index (χ0v) is 11.5. The van der Waals surface area contributed by atoms with Crippen LogP contribution in [-0.2, 0) is 6.42 Å². The van der Waals surface area contributed by atoms with E-state index in [2.05, 4.69) is 24.0 Å². The van der Waals surface area contributed by atoms with Crippen molar-refractivity contribution in [2.24, 2.45) is 0 Å². The molecule has 20 heavy (non-hydrogen) atoms. The Kier molecular flexibility index (Phi) is 3.06. The predicted octanol–water partition coefficient (Wildman–Crippen LogP) is 3.65. The van der Waals surface area contributed by atoms with Gasteiger partial charge in [0.05, 0.1) is 12.8 Å². The highest BCUT2D eigenvalue weighted by Gasteiger charge is 2.10. The third kappa shape index (κ3) is 2.09. The van der Waals surface area contributed by atoms with Gasteiger partial charge in [-0.1, -0.05) is 13.0 Å². The van der Waals surface area contributed by atoms with Gasteiger partial charge in [0.25, 0.3) is 0 Å². The lowest BCUT2D eigenvalue weighted by atomic mass is 10.1. The maximum atomic E-state index is 5.91. The van der Waals surface area contributed by atoms with Crippen molar-refractivity contribution in [2.45, 2.75) is 13.3 Å². The van der Waals surface area contributed by atoms with E-state index < -0.39 is 0 Å². The molecule has 0 amide bonds. The van der Waals surface area contributed by atoms with Crippen LogP contribution in [0.2, 0.25) is 0 Å². The zero-order chi connectivity index (χ0) is 14.1. The number of anilines is 1. The molecule has 2 N–H and O–H groups in total. The van der Waals surface area contributed by atoms with Crippen molar-refractivity contribution in [2.75, 3.05) is 12.8 Å². The van der Waals surface area contributed by atoms with E-state index in [1.807, 2.05) is 24.3 Å². The highest BCUT2D eigenvalue weighted by molar-refractivity contribution is 5.78. The van der Waals surface area contributed by atoms with Crippen LogP contribution in [-0.4, -0.2) is 12.1 Å². The molecule has 4 nitrogen and oxygen atoms in total. The zero-order valence-electron chi connectivity index (χ0n) is 11.5. The summed E-state index contributed by atoms with van der Waals surface area (Å²) in [5, 5.41) is 0. The maximum absolute atomic E-state index is 5.91. The minimum Gasteiger partial charge on any atom is -0.495 e. The molecular weight excluding hydrogens is 252 g/mol. The summed E-state index contributed by atoms with van der Waals surface area (Å²) in [7, 11) is 1.59. The van der Waals surface area contributed by atoms with Crippen molar-refractivity contribution >= 4 is 16.8 Å². The molecule has 0 saturated carbocycles. The summed E-state index contributed by atoms with van der Waals surface area (Å²) in [5.41, 5.74) is 10.2. The molecular formula is C16H16N2O2. The molecule has 0 fully saturated rings. The molecule has 4 heteroatoms. The third-order valence-corrected chi connectivity index (χ3v) is 3.34. The SMILES string of the molecule is CCc1ccc2oc(-c3ccc(OC)c(N)c3)nc2c1. The van der Waals surface area contributed by atoms with Crippen molar-refractivity contribution in [1.29, 1.82) is 0 Å². The number of methoxy groups -OCH3 is 1. The summed E-state index contributed by atoms with van der Waals surface area (Å²) < 4.78 is 10.9. The van der Waals surface area contributed by atoms with Crippen LogP contribution in [0.1, 0.15) is 12.5 Å². The Morgan fingerprint density at radius 2 is 2.05 bits per heavy atom. The Morgan fingerprint density at radius 3 is 2.75 bits per heavy atom. The van der Waals surface area contributed by atoms with Crippen molar-refractivity contribution < 1.29 is 9.15 Å². The second-order valence-electron chi connectivity index (χ2n) is 4.63. The molecule has 0 radical (unpaired) electrons. The molecule has 0 bridgehead atoms. The lowest BCUT2D eigenvalue weighted by Crippen LogP contribution is -1.92. The van der Waals surface area contributed by atoms with Gasteiger partial charge in [-0.25, -0.2) is 4.98 Å². The minimum atomic E-state index is 0.571. The first-order valence-corrected chi connectivity index (χ1v) is 6.54. The van der Waals surface area contributed by atoms with Gasteiger partial charge in [0, 0.05) is 5.56 Å². The summed E-state index contributed by atoms with van der Waals surface area (Å²) in [6.07, 6.45) is 0.980. The number of oxazole rings is 1. The molecule has 0 atom stereocenters. The van der Waals surface area contributed by atoms with Crippen LogP contribution < -0.4 is 10.5 Å². The van der Waals surface area contributed by atoms with Gasteiger partial charge in [-0.15, -0.1) is 0 Å². The van der Waals surface area contributed by atoms with E-state index in [1.54, 1.807) is 7.11 Å². The van der Waals surface area contributed by atoms with Gasteiger partial charge in [0.15, 0.2) is 5.58 Å². The Balaban J connectivity index is 2.07. The van der Waals surface area contributed by atoms with Gasteiger partial charge < -0.3 is 14.9 Å². The fourth-order valence-corrected chi connectivity index (χ4v) is 2.18. The molecule has 102 valence electrons. The van der Waals surface area contributed by atoms with Crippen LogP contribution in [0.3, 0.4) is 0 Å². The van der Waals surface area contributed by atoms with Crippen LogP contribution in [0.25, 0.3) is 22.6 Å². The second-order valence-corrected chi connectivity index (χ2v) is 4.63. The monoisotopic (exact) mass is 268 g/mol. The molecule has 0 aliphatic carbocycles. The second kappa shape index (κ2) is 4.89. The van der Waals surface area contributed by atoms with Crippen molar-refractivity contribution in [3.8, 4) is 17.2 Å². The van der Waals surface area contributed by atoms with Gasteiger partial charge in [0.2, 0.25) is 5.89 Å². The van der Waals surface area contributed by atoms with Crippen LogP contribution in [0.4, 0.5) is 5.69 Å². The van der Waals surface area contributed by atoms with Gasteiger partial charge in [-0.05, 0) is 42.3 Å². The van der Waals surface area contributed by atoms with Crippen molar-refractivity contribution in [3.63, 3.8) is 0 Å². The van der Waals surface area contributed by atoms with E-state index in [9.17, 15) is 0 Å². The molecule has 0 saturated heterocycles. The molecule has 1 aromatic heterocycles. The smallest absolute Gasteiger partial charge is 0.227 e. The highest BCUT2D eigenvalue weighted by Crippen LogP contribution is 2.30. The standard InChI is InChI=1S/C16H16N2O2/c1-3-10-4-6-15-13(8-10)18-16(20-15)11-5-7-14(19-2)12(17)9-11/h4-9H,3,17H2,1-2H3. The van der Waals surface area contributed by atoms with E-state index in [4.69, 9.17) is 14.9 Å². The summed E-state index contributed by atoms with van der Waals surface area (Å²) in [5.74, 6) is 1.22. The number of nitrogens with two attached hydrogens (primary N) is 1. The maximum Gasteiger partial charge on any atom is 0.227 e. The lowest BCUT2D eigenvalue weighted by Gasteiger charge is -2.04. The van der Waals surface area contributed by atoms with Crippen LogP contribution in [0, 0.1) is 0 Å². The third-order valence-electron chi connectivity index (χ3n) is 3.34. The molecule has 3 aromatic rings. The van der Waals surface area contributed by atoms with Crippen LogP contribution in [0.5, 0.6) is 5.75 Å². The predicted molar refractivity (Wildman–Crippen MR) is 79.8 cm³/mol. The normalized spacial score (nSPS) is 10.9. The Hall–Kier alpha value is -2.49. The molecule has 0 aliphatic rings. The number of hydrogen-bond donors (Lipinski definition) is 1. The summed E-state index contributed by atoms with van der Waals surface area (Å²) >= 11 is 0. The van der Waals surface area contributed by atoms with Crippen molar-refractivity contribution in [1.82, 2.24) is 4.98 Å². The number of aromatic nitrogens is 1. The Labute approximate surface area is 117 Å². The Morgan fingerprint density at radius 1 is 1.20 bits per heavy atom. The van der Waals surface area contributed by atoms with Gasteiger partial charge in [0.1, 0.15) is 11.3 Å².